The monoisotopic (exact) mass is 257 g/mol. The molecule has 2 N–H and O–H groups in total. The zero-order chi connectivity index (χ0) is 13.2. The van der Waals surface area contributed by atoms with E-state index < -0.39 is 0 Å². The molecule has 0 amide bonds. The van der Waals surface area contributed by atoms with E-state index in [2.05, 4.69) is 16.9 Å². The Hall–Kier alpha value is -1.84. The van der Waals surface area contributed by atoms with Crippen LogP contribution in [-0.4, -0.2) is 16.1 Å². The van der Waals surface area contributed by atoms with E-state index in [1.165, 1.54) is 12.8 Å². The second-order valence-corrected chi connectivity index (χ2v) is 5.46. The Morgan fingerprint density at radius 1 is 1.16 bits per heavy atom. The van der Waals surface area contributed by atoms with Crippen LogP contribution in [0.1, 0.15) is 32.6 Å². The number of fused-ring (bicyclic) bond motifs is 1. The molecule has 4 nitrogen and oxygen atoms in total. The lowest BCUT2D eigenvalue weighted by molar-refractivity contribution is 0.132. The minimum Gasteiger partial charge on any atom is -0.474 e. The summed E-state index contributed by atoms with van der Waals surface area (Å²) < 4.78 is 6.07. The van der Waals surface area contributed by atoms with Crippen LogP contribution in [0.15, 0.2) is 24.5 Å². The highest BCUT2D eigenvalue weighted by Gasteiger charge is 2.20. The van der Waals surface area contributed by atoms with Gasteiger partial charge in [-0.25, -0.2) is 9.97 Å². The molecule has 100 valence electrons. The van der Waals surface area contributed by atoms with E-state index in [1.54, 1.807) is 6.33 Å². The van der Waals surface area contributed by atoms with Gasteiger partial charge in [0.2, 0.25) is 5.88 Å². The Bertz CT molecular complexity index is 577. The van der Waals surface area contributed by atoms with Crippen molar-refractivity contribution in [3.05, 3.63) is 24.5 Å². The van der Waals surface area contributed by atoms with Gasteiger partial charge in [-0.1, -0.05) is 6.92 Å². The van der Waals surface area contributed by atoms with Crippen molar-refractivity contribution in [1.82, 2.24) is 9.97 Å². The molecule has 2 aromatic rings. The number of anilines is 1. The van der Waals surface area contributed by atoms with Crippen LogP contribution in [0.4, 0.5) is 5.69 Å². The van der Waals surface area contributed by atoms with Crippen LogP contribution in [0.2, 0.25) is 0 Å². The topological polar surface area (TPSA) is 61.0 Å². The molecule has 19 heavy (non-hydrogen) atoms. The van der Waals surface area contributed by atoms with Gasteiger partial charge in [-0.05, 0) is 49.8 Å². The zero-order valence-electron chi connectivity index (χ0n) is 11.2. The van der Waals surface area contributed by atoms with Crippen LogP contribution >= 0.6 is 0 Å². The summed E-state index contributed by atoms with van der Waals surface area (Å²) in [6.07, 6.45) is 6.50. The molecule has 0 atom stereocenters. The summed E-state index contributed by atoms with van der Waals surface area (Å²) in [6, 6.07) is 5.64. The first-order chi connectivity index (χ1) is 9.22. The number of rotatable bonds is 2. The standard InChI is InChI=1S/C15H19N3O/c1-10-2-5-12(6-3-10)19-15-13-8-11(16)4-7-14(13)17-9-18-15/h4,7-10,12H,2-3,5-6,16H2,1H3. The number of hydrogen-bond donors (Lipinski definition) is 1. The molecule has 1 aromatic carbocycles. The van der Waals surface area contributed by atoms with Crippen LogP contribution < -0.4 is 10.5 Å². The molecule has 1 fully saturated rings. The Morgan fingerprint density at radius 3 is 2.74 bits per heavy atom. The van der Waals surface area contributed by atoms with E-state index in [4.69, 9.17) is 10.5 Å². The number of nitrogen functional groups attached to an aromatic ring is 1. The molecular formula is C15H19N3O. The van der Waals surface area contributed by atoms with Crippen LogP contribution in [0.3, 0.4) is 0 Å². The number of ether oxygens (including phenoxy) is 1. The summed E-state index contributed by atoms with van der Waals surface area (Å²) in [7, 11) is 0. The van der Waals surface area contributed by atoms with E-state index in [0.717, 1.165) is 29.7 Å². The Labute approximate surface area is 113 Å². The lowest BCUT2D eigenvalue weighted by Crippen LogP contribution is -2.23. The van der Waals surface area contributed by atoms with E-state index >= 15 is 0 Å². The first kappa shape index (κ1) is 12.2. The predicted octanol–water partition coefficient (Wildman–Crippen LogP) is 3.17. The summed E-state index contributed by atoms with van der Waals surface area (Å²) in [4.78, 5) is 8.51. The normalized spacial score (nSPS) is 23.4. The average Bonchev–Trinajstić information content (AvgIpc) is 2.42. The average molecular weight is 257 g/mol. The van der Waals surface area contributed by atoms with Gasteiger partial charge in [-0.15, -0.1) is 0 Å². The van der Waals surface area contributed by atoms with Crippen molar-refractivity contribution < 1.29 is 4.74 Å². The lowest BCUT2D eigenvalue weighted by Gasteiger charge is -2.26. The van der Waals surface area contributed by atoms with Crippen molar-refractivity contribution in [3.63, 3.8) is 0 Å². The second-order valence-electron chi connectivity index (χ2n) is 5.46. The third-order valence-electron chi connectivity index (χ3n) is 3.86. The number of nitrogens with zero attached hydrogens (tertiary/aromatic N) is 2. The van der Waals surface area contributed by atoms with E-state index in [1.807, 2.05) is 18.2 Å². The molecule has 0 spiro atoms. The van der Waals surface area contributed by atoms with E-state index in [9.17, 15) is 0 Å². The maximum atomic E-state index is 6.07. The van der Waals surface area contributed by atoms with Gasteiger partial charge in [-0.3, -0.25) is 0 Å². The Balaban J connectivity index is 1.86. The molecule has 0 radical (unpaired) electrons. The van der Waals surface area contributed by atoms with Crippen molar-refractivity contribution in [3.8, 4) is 5.88 Å². The number of nitrogens with two attached hydrogens (primary N) is 1. The molecule has 1 heterocycles. The quantitative estimate of drug-likeness (QED) is 0.839. The van der Waals surface area contributed by atoms with Crippen molar-refractivity contribution in [2.75, 3.05) is 5.73 Å². The summed E-state index contributed by atoms with van der Waals surface area (Å²) >= 11 is 0. The summed E-state index contributed by atoms with van der Waals surface area (Å²) in [5.74, 6) is 1.48. The molecule has 1 aliphatic rings. The van der Waals surface area contributed by atoms with Crippen molar-refractivity contribution >= 4 is 16.6 Å². The molecule has 1 aliphatic carbocycles. The van der Waals surface area contributed by atoms with Gasteiger partial charge in [0.1, 0.15) is 12.4 Å². The highest BCUT2D eigenvalue weighted by molar-refractivity contribution is 5.86. The minimum absolute atomic E-state index is 0.274. The fourth-order valence-electron chi connectivity index (χ4n) is 2.65. The van der Waals surface area contributed by atoms with Gasteiger partial charge >= 0.3 is 0 Å². The Morgan fingerprint density at radius 2 is 1.95 bits per heavy atom. The van der Waals surface area contributed by atoms with Gasteiger partial charge in [0.25, 0.3) is 0 Å². The van der Waals surface area contributed by atoms with Gasteiger partial charge in [0, 0.05) is 5.69 Å². The Kier molecular flexibility index (Phi) is 3.23. The fourth-order valence-corrected chi connectivity index (χ4v) is 2.65. The van der Waals surface area contributed by atoms with Crippen LogP contribution in [0.25, 0.3) is 10.9 Å². The van der Waals surface area contributed by atoms with Gasteiger partial charge < -0.3 is 10.5 Å². The smallest absolute Gasteiger partial charge is 0.224 e. The van der Waals surface area contributed by atoms with Crippen LogP contribution in [0, 0.1) is 5.92 Å². The van der Waals surface area contributed by atoms with E-state index in [-0.39, 0.29) is 6.10 Å². The SMILES string of the molecule is CC1CCC(Oc2ncnc3ccc(N)cc23)CC1. The fraction of sp³-hybridized carbons (Fsp3) is 0.467. The molecule has 1 saturated carbocycles. The molecule has 1 aromatic heterocycles. The zero-order valence-corrected chi connectivity index (χ0v) is 11.2. The number of aromatic nitrogens is 2. The van der Waals surface area contributed by atoms with Gasteiger partial charge in [0.05, 0.1) is 10.9 Å². The largest absolute Gasteiger partial charge is 0.474 e. The maximum Gasteiger partial charge on any atom is 0.224 e. The first-order valence-electron chi connectivity index (χ1n) is 6.89. The number of hydrogen-bond acceptors (Lipinski definition) is 4. The molecule has 3 rings (SSSR count). The van der Waals surface area contributed by atoms with Crippen molar-refractivity contribution in [2.45, 2.75) is 38.7 Å². The second kappa shape index (κ2) is 5.03. The predicted molar refractivity (Wildman–Crippen MR) is 76.0 cm³/mol. The molecular weight excluding hydrogens is 238 g/mol. The number of benzene rings is 1. The van der Waals surface area contributed by atoms with Gasteiger partial charge in [0.15, 0.2) is 0 Å². The third kappa shape index (κ3) is 2.62. The van der Waals surface area contributed by atoms with Gasteiger partial charge in [-0.2, -0.15) is 0 Å². The van der Waals surface area contributed by atoms with Crippen molar-refractivity contribution in [1.29, 1.82) is 0 Å². The highest BCUT2D eigenvalue weighted by atomic mass is 16.5. The highest BCUT2D eigenvalue weighted by Crippen LogP contribution is 2.29. The summed E-state index contributed by atoms with van der Waals surface area (Å²) in [5, 5.41) is 0.904. The molecule has 0 saturated heterocycles. The lowest BCUT2D eigenvalue weighted by atomic mass is 9.89. The molecule has 0 bridgehead atoms. The van der Waals surface area contributed by atoms with Crippen LogP contribution in [-0.2, 0) is 0 Å². The van der Waals surface area contributed by atoms with E-state index in [0.29, 0.717) is 11.6 Å². The first-order valence-corrected chi connectivity index (χ1v) is 6.89. The third-order valence-corrected chi connectivity index (χ3v) is 3.86. The molecule has 0 aliphatic heterocycles. The maximum absolute atomic E-state index is 6.07. The minimum atomic E-state index is 0.274. The summed E-state index contributed by atoms with van der Waals surface area (Å²) in [6.45, 7) is 2.30. The molecule has 0 unspecified atom stereocenters. The molecule has 4 heteroatoms. The van der Waals surface area contributed by atoms with Crippen LogP contribution in [0.5, 0.6) is 5.88 Å². The van der Waals surface area contributed by atoms with Crippen molar-refractivity contribution in [2.24, 2.45) is 5.92 Å². The summed E-state index contributed by atoms with van der Waals surface area (Å²) in [5.41, 5.74) is 7.42.